The quantitative estimate of drug-likeness (QED) is 0.232. The van der Waals surface area contributed by atoms with E-state index in [9.17, 15) is 4.79 Å². The molecule has 0 saturated heterocycles. The van der Waals surface area contributed by atoms with Gasteiger partial charge in [0.2, 0.25) is 5.91 Å². The van der Waals surface area contributed by atoms with Crippen molar-refractivity contribution < 1.29 is 13.9 Å². The number of carbonyl (C=O) groups is 1. The van der Waals surface area contributed by atoms with Gasteiger partial charge in [-0.2, -0.15) is 0 Å². The number of aromatic amines is 1. The summed E-state index contributed by atoms with van der Waals surface area (Å²) >= 11 is 0. The van der Waals surface area contributed by atoms with Crippen LogP contribution in [0.3, 0.4) is 0 Å². The highest BCUT2D eigenvalue weighted by Gasteiger charge is 2.18. The lowest BCUT2D eigenvalue weighted by atomic mass is 10.2. The van der Waals surface area contributed by atoms with E-state index in [1.165, 1.54) is 16.5 Å². The Bertz CT molecular complexity index is 1320. The highest BCUT2D eigenvalue weighted by Crippen LogP contribution is 2.18. The average Bonchev–Trinajstić information content (AvgIpc) is 3.55. The topological polar surface area (TPSA) is 79.3 Å². The van der Waals surface area contributed by atoms with Gasteiger partial charge in [-0.25, -0.2) is 0 Å². The van der Waals surface area contributed by atoms with Crippen LogP contribution in [0, 0.1) is 6.92 Å². The SMILES string of the molecule is CC.COC[C@H](NCc1cc2ccccc2o1)C(=O)NCc1ccccc1.Cc1c[nH]c2ccccc12. The minimum absolute atomic E-state index is 0.0955. The van der Waals surface area contributed by atoms with E-state index in [0.29, 0.717) is 19.7 Å². The van der Waals surface area contributed by atoms with Gasteiger partial charge in [0, 0.05) is 36.1 Å². The number of ether oxygens (including phenoxy) is 1. The van der Waals surface area contributed by atoms with Crippen LogP contribution in [0.25, 0.3) is 21.9 Å². The van der Waals surface area contributed by atoms with Crippen molar-refractivity contribution in [2.24, 2.45) is 0 Å². The molecule has 6 heteroatoms. The molecule has 6 nitrogen and oxygen atoms in total. The molecule has 0 bridgehead atoms. The highest BCUT2D eigenvalue weighted by molar-refractivity contribution is 5.83. The average molecular weight is 500 g/mol. The van der Waals surface area contributed by atoms with E-state index >= 15 is 0 Å². The van der Waals surface area contributed by atoms with Crippen molar-refractivity contribution in [2.45, 2.75) is 39.9 Å². The number of hydrogen-bond acceptors (Lipinski definition) is 4. The van der Waals surface area contributed by atoms with E-state index in [2.05, 4.69) is 40.7 Å². The minimum atomic E-state index is -0.443. The molecule has 3 N–H and O–H groups in total. The lowest BCUT2D eigenvalue weighted by molar-refractivity contribution is -0.124. The summed E-state index contributed by atoms with van der Waals surface area (Å²) in [6.07, 6.45) is 2.03. The zero-order valence-electron chi connectivity index (χ0n) is 22.1. The Morgan fingerprint density at radius 1 is 0.946 bits per heavy atom. The van der Waals surface area contributed by atoms with Crippen molar-refractivity contribution in [3.8, 4) is 0 Å². The van der Waals surface area contributed by atoms with Gasteiger partial charge in [-0.1, -0.05) is 80.6 Å². The maximum Gasteiger partial charge on any atom is 0.239 e. The summed E-state index contributed by atoms with van der Waals surface area (Å²) in [6.45, 7) is 7.35. The third kappa shape index (κ3) is 8.07. The smallest absolute Gasteiger partial charge is 0.239 e. The van der Waals surface area contributed by atoms with Crippen LogP contribution in [-0.2, 0) is 22.6 Å². The lowest BCUT2D eigenvalue weighted by Gasteiger charge is -2.17. The monoisotopic (exact) mass is 499 g/mol. The van der Waals surface area contributed by atoms with Gasteiger partial charge in [0.25, 0.3) is 0 Å². The molecule has 0 aliphatic rings. The normalized spacial score (nSPS) is 11.2. The molecule has 0 radical (unpaired) electrons. The number of nitrogens with one attached hydrogen (secondary N) is 3. The molecule has 37 heavy (non-hydrogen) atoms. The Balaban J connectivity index is 0.000000262. The second kappa shape index (κ2) is 14.6. The number of rotatable bonds is 8. The fourth-order valence-electron chi connectivity index (χ4n) is 3.87. The maximum atomic E-state index is 12.4. The van der Waals surface area contributed by atoms with Gasteiger partial charge in [0.15, 0.2) is 0 Å². The van der Waals surface area contributed by atoms with Crippen molar-refractivity contribution >= 4 is 27.8 Å². The van der Waals surface area contributed by atoms with E-state index in [0.717, 1.165) is 22.3 Å². The van der Waals surface area contributed by atoms with Crippen LogP contribution in [0.5, 0.6) is 0 Å². The van der Waals surface area contributed by atoms with Crippen LogP contribution in [0.15, 0.2) is 95.5 Å². The summed E-state index contributed by atoms with van der Waals surface area (Å²) in [5.41, 5.74) is 4.44. The van der Waals surface area contributed by atoms with Gasteiger partial charge in [-0.15, -0.1) is 0 Å². The van der Waals surface area contributed by atoms with E-state index < -0.39 is 6.04 Å². The standard InChI is InChI=1S/C20H22N2O3.C9H9N.C2H6/c1-24-14-18(20(23)22-12-15-7-3-2-4-8-15)21-13-17-11-16-9-5-6-10-19(16)25-17;1-7-6-10-9-5-3-2-4-8(7)9;1-2/h2-11,18,21H,12-14H2,1H3,(H,22,23);2-6,10H,1H3;1-2H3/t18-;;/m0../s1. The predicted molar refractivity (Wildman–Crippen MR) is 151 cm³/mol. The molecule has 0 aliphatic heterocycles. The first-order valence-corrected chi connectivity index (χ1v) is 12.7. The van der Waals surface area contributed by atoms with Crippen LogP contribution in [0.2, 0.25) is 0 Å². The lowest BCUT2D eigenvalue weighted by Crippen LogP contribution is -2.46. The maximum absolute atomic E-state index is 12.4. The Kier molecular flexibility index (Phi) is 11.0. The summed E-state index contributed by atoms with van der Waals surface area (Å²) < 4.78 is 10.9. The van der Waals surface area contributed by atoms with Crippen molar-refractivity contribution in [3.63, 3.8) is 0 Å². The molecular formula is C31H37N3O3. The zero-order valence-corrected chi connectivity index (χ0v) is 22.1. The van der Waals surface area contributed by atoms with Gasteiger partial charge in [-0.3, -0.25) is 10.1 Å². The Labute approximate surface area is 219 Å². The molecule has 0 aliphatic carbocycles. The summed E-state index contributed by atoms with van der Waals surface area (Å²) in [6, 6.07) is 27.5. The minimum Gasteiger partial charge on any atom is -0.460 e. The van der Waals surface area contributed by atoms with Crippen LogP contribution in [0.4, 0.5) is 0 Å². The molecule has 3 aromatic carbocycles. The Hall–Kier alpha value is -3.87. The predicted octanol–water partition coefficient (Wildman–Crippen LogP) is 6.36. The van der Waals surface area contributed by atoms with Crippen LogP contribution in [-0.4, -0.2) is 30.6 Å². The molecule has 0 saturated carbocycles. The Morgan fingerprint density at radius 3 is 2.38 bits per heavy atom. The fraction of sp³-hybridized carbons (Fsp3) is 0.258. The number of para-hydroxylation sites is 2. The van der Waals surface area contributed by atoms with Crippen LogP contribution >= 0.6 is 0 Å². The summed E-state index contributed by atoms with van der Waals surface area (Å²) in [7, 11) is 1.58. The largest absolute Gasteiger partial charge is 0.460 e. The van der Waals surface area contributed by atoms with E-state index in [1.54, 1.807) is 7.11 Å². The van der Waals surface area contributed by atoms with Crippen molar-refractivity contribution in [2.75, 3.05) is 13.7 Å². The molecule has 0 fully saturated rings. The van der Waals surface area contributed by atoms with Crippen LogP contribution < -0.4 is 10.6 Å². The number of amides is 1. The summed E-state index contributed by atoms with van der Waals surface area (Å²) in [4.78, 5) is 15.6. The van der Waals surface area contributed by atoms with Gasteiger partial charge >= 0.3 is 0 Å². The Morgan fingerprint density at radius 2 is 1.65 bits per heavy atom. The fourth-order valence-corrected chi connectivity index (χ4v) is 3.87. The molecule has 2 heterocycles. The van der Waals surface area contributed by atoms with Gasteiger partial charge in [-0.05, 0) is 36.2 Å². The molecular weight excluding hydrogens is 462 g/mol. The first-order chi connectivity index (χ1) is 18.1. The van der Waals surface area contributed by atoms with Crippen molar-refractivity contribution in [1.82, 2.24) is 15.6 Å². The molecule has 0 spiro atoms. The summed E-state index contributed by atoms with van der Waals surface area (Å²) in [5.74, 6) is 0.694. The number of methoxy groups -OCH3 is 1. The molecule has 5 aromatic rings. The van der Waals surface area contributed by atoms with Gasteiger partial charge in [0.1, 0.15) is 17.4 Å². The third-order valence-corrected chi connectivity index (χ3v) is 5.75. The second-order valence-electron chi connectivity index (χ2n) is 8.36. The van der Waals surface area contributed by atoms with Crippen molar-refractivity contribution in [3.05, 3.63) is 108 Å². The van der Waals surface area contributed by atoms with Crippen LogP contribution in [0.1, 0.15) is 30.7 Å². The third-order valence-electron chi connectivity index (χ3n) is 5.75. The number of carbonyl (C=O) groups excluding carboxylic acids is 1. The molecule has 5 rings (SSSR count). The molecule has 2 aromatic heterocycles. The highest BCUT2D eigenvalue weighted by atomic mass is 16.5. The number of furan rings is 1. The number of aromatic nitrogens is 1. The van der Waals surface area contributed by atoms with Crippen molar-refractivity contribution in [1.29, 1.82) is 0 Å². The number of fused-ring (bicyclic) bond motifs is 2. The molecule has 1 amide bonds. The van der Waals surface area contributed by atoms with E-state index in [1.807, 2.05) is 86.8 Å². The zero-order chi connectivity index (χ0) is 26.5. The van der Waals surface area contributed by atoms with Gasteiger partial charge < -0.3 is 19.5 Å². The second-order valence-corrected chi connectivity index (χ2v) is 8.36. The number of aryl methyl sites for hydroxylation is 1. The van der Waals surface area contributed by atoms with E-state index in [-0.39, 0.29) is 5.91 Å². The number of H-pyrrole nitrogens is 1. The van der Waals surface area contributed by atoms with E-state index in [4.69, 9.17) is 9.15 Å². The number of benzene rings is 3. The van der Waals surface area contributed by atoms with Gasteiger partial charge in [0.05, 0.1) is 13.2 Å². The summed E-state index contributed by atoms with van der Waals surface area (Å²) in [5, 5.41) is 8.51. The molecule has 194 valence electrons. The number of hydrogen-bond donors (Lipinski definition) is 3. The molecule has 1 atom stereocenters. The first kappa shape index (κ1) is 27.7. The molecule has 0 unspecified atom stereocenters. The first-order valence-electron chi connectivity index (χ1n) is 12.7.